The lowest BCUT2D eigenvalue weighted by atomic mass is 9.96. The van der Waals surface area contributed by atoms with Crippen molar-refractivity contribution in [3.63, 3.8) is 0 Å². The first kappa shape index (κ1) is 16.2. The van der Waals surface area contributed by atoms with Crippen molar-refractivity contribution in [2.45, 2.75) is 13.5 Å². The van der Waals surface area contributed by atoms with Crippen LogP contribution in [-0.4, -0.2) is 39.2 Å². The number of carboxylic acids is 1. The predicted molar refractivity (Wildman–Crippen MR) is 93.7 cm³/mol. The Morgan fingerprint density at radius 2 is 2.23 bits per heavy atom. The van der Waals surface area contributed by atoms with Gasteiger partial charge in [-0.15, -0.1) is 0 Å². The zero-order valence-corrected chi connectivity index (χ0v) is 14.2. The molecule has 26 heavy (non-hydrogen) atoms. The molecule has 0 amide bonds. The maximum absolute atomic E-state index is 15.0. The fourth-order valence-electron chi connectivity index (χ4n) is 3.33. The van der Waals surface area contributed by atoms with Gasteiger partial charge in [-0.05, 0) is 24.6 Å². The fraction of sp³-hybridized carbons (Fsp3) is 0.222. The third-order valence-corrected chi connectivity index (χ3v) is 4.54. The lowest BCUT2D eigenvalue weighted by molar-refractivity contribution is 0.0692. The summed E-state index contributed by atoms with van der Waals surface area (Å²) in [6.45, 7) is 3.10. The SMILES string of the molecule is CN=c1ncc2cc(-c3c(C)ccc(C(=O)O)c3F)c3n(c-2n1)CCN3. The van der Waals surface area contributed by atoms with E-state index < -0.39 is 11.8 Å². The third kappa shape index (κ3) is 2.33. The topological polar surface area (TPSA) is 92.4 Å². The number of hydrogen-bond acceptors (Lipinski definition) is 5. The van der Waals surface area contributed by atoms with Gasteiger partial charge in [0.1, 0.15) is 17.5 Å². The molecule has 4 rings (SSSR count). The predicted octanol–water partition coefficient (Wildman–Crippen LogP) is 2.15. The molecule has 0 radical (unpaired) electrons. The molecule has 3 heterocycles. The van der Waals surface area contributed by atoms with Crippen LogP contribution in [-0.2, 0) is 6.54 Å². The van der Waals surface area contributed by atoms with E-state index in [0.29, 0.717) is 41.5 Å². The van der Waals surface area contributed by atoms with Crippen LogP contribution in [0.4, 0.5) is 10.2 Å². The number of aromatic nitrogens is 3. The van der Waals surface area contributed by atoms with Gasteiger partial charge in [0, 0.05) is 43.0 Å². The number of carboxylic acid groups (broad SMARTS) is 1. The quantitative estimate of drug-likeness (QED) is 0.736. The van der Waals surface area contributed by atoms with Crippen molar-refractivity contribution < 1.29 is 14.3 Å². The Morgan fingerprint density at radius 1 is 1.42 bits per heavy atom. The van der Waals surface area contributed by atoms with E-state index in [9.17, 15) is 14.3 Å². The van der Waals surface area contributed by atoms with Crippen LogP contribution in [0, 0.1) is 12.7 Å². The van der Waals surface area contributed by atoms with Gasteiger partial charge in [-0.1, -0.05) is 6.07 Å². The Morgan fingerprint density at radius 3 is 2.96 bits per heavy atom. The average molecular weight is 353 g/mol. The number of pyridine rings is 1. The molecular formula is C18H16FN5O2. The van der Waals surface area contributed by atoms with Crippen LogP contribution < -0.4 is 10.9 Å². The number of benzene rings is 1. The van der Waals surface area contributed by atoms with E-state index in [2.05, 4.69) is 20.3 Å². The summed E-state index contributed by atoms with van der Waals surface area (Å²) in [4.78, 5) is 24.0. The molecular weight excluding hydrogens is 337 g/mol. The molecule has 7 nitrogen and oxygen atoms in total. The molecule has 0 aromatic heterocycles. The highest BCUT2D eigenvalue weighted by Gasteiger charge is 2.26. The first-order valence-electron chi connectivity index (χ1n) is 8.11. The molecule has 0 fully saturated rings. The summed E-state index contributed by atoms with van der Waals surface area (Å²) in [6, 6.07) is 4.69. The van der Waals surface area contributed by atoms with Gasteiger partial charge in [0.05, 0.1) is 5.56 Å². The number of fused-ring (bicyclic) bond motifs is 3. The number of rotatable bonds is 2. The summed E-state index contributed by atoms with van der Waals surface area (Å²) in [6.07, 6.45) is 1.65. The van der Waals surface area contributed by atoms with Crippen LogP contribution >= 0.6 is 0 Å². The van der Waals surface area contributed by atoms with Crippen molar-refractivity contribution in [2.24, 2.45) is 4.99 Å². The minimum absolute atomic E-state index is 0.272. The molecule has 0 unspecified atom stereocenters. The fourth-order valence-corrected chi connectivity index (χ4v) is 3.33. The van der Waals surface area contributed by atoms with Crippen molar-refractivity contribution in [1.29, 1.82) is 0 Å². The normalized spacial score (nSPS) is 13.7. The Hall–Kier alpha value is -3.29. The number of nitrogens with one attached hydrogen (secondary N) is 1. The van der Waals surface area contributed by atoms with Crippen molar-refractivity contribution in [3.8, 4) is 22.5 Å². The van der Waals surface area contributed by atoms with Crippen molar-refractivity contribution in [2.75, 3.05) is 18.9 Å². The first-order chi connectivity index (χ1) is 12.5. The number of nitrogens with zero attached hydrogens (tertiary/aromatic N) is 4. The Bertz CT molecular complexity index is 1090. The number of hydrogen-bond donors (Lipinski definition) is 2. The maximum atomic E-state index is 15.0. The summed E-state index contributed by atoms with van der Waals surface area (Å²) >= 11 is 0. The van der Waals surface area contributed by atoms with E-state index in [1.807, 2.05) is 4.57 Å². The summed E-state index contributed by atoms with van der Waals surface area (Å²) < 4.78 is 16.9. The zero-order valence-electron chi connectivity index (χ0n) is 14.2. The first-order valence-corrected chi connectivity index (χ1v) is 8.11. The Labute approximate surface area is 148 Å². The van der Waals surface area contributed by atoms with Crippen LogP contribution in [0.2, 0.25) is 0 Å². The number of anilines is 1. The standard InChI is InChI=1S/C18H16FN5O2/c1-9-3-4-11(17(25)26)14(19)13(9)12-7-10-8-22-18(20-2)23-15(10)24-6-5-21-16(12)24/h3-4,7-8,21H,5-6H2,1-2H3,(H,25,26). The highest BCUT2D eigenvalue weighted by molar-refractivity contribution is 5.92. The lowest BCUT2D eigenvalue weighted by Crippen LogP contribution is -2.17. The Kier molecular flexibility index (Phi) is 3.68. The van der Waals surface area contributed by atoms with E-state index >= 15 is 0 Å². The molecule has 8 heteroatoms. The summed E-state index contributed by atoms with van der Waals surface area (Å²) in [5, 5.41) is 12.5. The highest BCUT2D eigenvalue weighted by Crippen LogP contribution is 2.39. The smallest absolute Gasteiger partial charge is 0.338 e. The van der Waals surface area contributed by atoms with Crippen LogP contribution in [0.15, 0.2) is 29.4 Å². The summed E-state index contributed by atoms with van der Waals surface area (Å²) in [5.74, 6) is -0.617. The van der Waals surface area contributed by atoms with Gasteiger partial charge >= 0.3 is 5.97 Å². The molecule has 3 aliphatic rings. The van der Waals surface area contributed by atoms with E-state index in [1.54, 1.807) is 32.3 Å². The van der Waals surface area contributed by atoms with Crippen LogP contribution in [0.5, 0.6) is 0 Å². The monoisotopic (exact) mass is 353 g/mol. The summed E-state index contributed by atoms with van der Waals surface area (Å²) in [7, 11) is 1.62. The van der Waals surface area contributed by atoms with E-state index in [0.717, 1.165) is 5.56 Å². The number of aromatic carboxylic acids is 1. The molecule has 132 valence electrons. The van der Waals surface area contributed by atoms with Gasteiger partial charge < -0.3 is 15.0 Å². The van der Waals surface area contributed by atoms with Crippen LogP contribution in [0.25, 0.3) is 22.5 Å². The molecule has 0 spiro atoms. The summed E-state index contributed by atoms with van der Waals surface area (Å²) in [5.41, 5.74) is 2.29. The van der Waals surface area contributed by atoms with Gasteiger partial charge in [-0.3, -0.25) is 4.99 Å². The number of carbonyl (C=O) groups is 1. The third-order valence-electron chi connectivity index (χ3n) is 4.54. The van der Waals surface area contributed by atoms with E-state index in [-0.39, 0.29) is 11.1 Å². The van der Waals surface area contributed by atoms with Crippen molar-refractivity contribution in [1.82, 2.24) is 14.5 Å². The van der Waals surface area contributed by atoms with Gasteiger partial charge in [-0.25, -0.2) is 14.2 Å². The molecule has 0 aliphatic carbocycles. The molecule has 3 aliphatic heterocycles. The van der Waals surface area contributed by atoms with E-state index in [1.165, 1.54) is 6.07 Å². The minimum atomic E-state index is -1.29. The largest absolute Gasteiger partial charge is 0.478 e. The molecule has 0 saturated carbocycles. The maximum Gasteiger partial charge on any atom is 0.338 e. The second-order valence-corrected chi connectivity index (χ2v) is 6.08. The molecule has 1 aromatic rings. The molecule has 2 N–H and O–H groups in total. The Balaban J connectivity index is 2.08. The van der Waals surface area contributed by atoms with Crippen LogP contribution in [0.3, 0.4) is 0 Å². The number of aryl methyl sites for hydroxylation is 1. The van der Waals surface area contributed by atoms with Crippen LogP contribution in [0.1, 0.15) is 15.9 Å². The lowest BCUT2D eigenvalue weighted by Gasteiger charge is -2.19. The number of halogens is 1. The van der Waals surface area contributed by atoms with Crippen molar-refractivity contribution >= 4 is 11.8 Å². The zero-order chi connectivity index (χ0) is 18.4. The molecule has 1 aromatic carbocycles. The molecule has 0 saturated heterocycles. The minimum Gasteiger partial charge on any atom is -0.478 e. The van der Waals surface area contributed by atoms with Gasteiger partial charge in [0.2, 0.25) is 5.62 Å². The second-order valence-electron chi connectivity index (χ2n) is 6.08. The second kappa shape index (κ2) is 5.91. The van der Waals surface area contributed by atoms with Crippen molar-refractivity contribution in [3.05, 3.63) is 47.0 Å². The van der Waals surface area contributed by atoms with Gasteiger partial charge in [-0.2, -0.15) is 4.98 Å². The molecule has 0 atom stereocenters. The van der Waals surface area contributed by atoms with Gasteiger partial charge in [0.15, 0.2) is 0 Å². The average Bonchev–Trinajstić information content (AvgIpc) is 3.11. The molecule has 0 bridgehead atoms. The van der Waals surface area contributed by atoms with E-state index in [4.69, 9.17) is 0 Å². The highest BCUT2D eigenvalue weighted by atomic mass is 19.1. The van der Waals surface area contributed by atoms with Gasteiger partial charge in [0.25, 0.3) is 0 Å².